The Hall–Kier alpha value is -1.39. The SMILES string of the molecule is CC(C)c1ccc(CC(=O)N2CC[C@@]3(CO)CCCN(C)[C@@H]3C2)cc1. The highest BCUT2D eigenvalue weighted by Gasteiger charge is 2.47. The van der Waals surface area contributed by atoms with E-state index in [0.717, 1.165) is 44.5 Å². The highest BCUT2D eigenvalue weighted by Crippen LogP contribution is 2.41. The second-order valence-electron chi connectivity index (χ2n) is 8.28. The van der Waals surface area contributed by atoms with Crippen molar-refractivity contribution >= 4 is 5.91 Å². The molecule has 0 aliphatic carbocycles. The number of likely N-dealkylation sites (N-methyl/N-ethyl adjacent to an activating group) is 1. The Labute approximate surface area is 151 Å². The van der Waals surface area contributed by atoms with Crippen molar-refractivity contribution in [3.05, 3.63) is 35.4 Å². The van der Waals surface area contributed by atoms with Crippen molar-refractivity contribution in [1.82, 2.24) is 9.80 Å². The van der Waals surface area contributed by atoms with E-state index in [2.05, 4.69) is 50.1 Å². The van der Waals surface area contributed by atoms with Gasteiger partial charge in [0.25, 0.3) is 0 Å². The van der Waals surface area contributed by atoms with Crippen LogP contribution in [0.2, 0.25) is 0 Å². The van der Waals surface area contributed by atoms with Gasteiger partial charge in [-0.25, -0.2) is 0 Å². The van der Waals surface area contributed by atoms with Gasteiger partial charge in [0.05, 0.1) is 13.0 Å². The highest BCUT2D eigenvalue weighted by molar-refractivity contribution is 5.79. The number of nitrogens with zero attached hydrogens (tertiary/aromatic N) is 2. The van der Waals surface area contributed by atoms with Gasteiger partial charge < -0.3 is 14.9 Å². The summed E-state index contributed by atoms with van der Waals surface area (Å²) in [5.74, 6) is 0.725. The summed E-state index contributed by atoms with van der Waals surface area (Å²) in [4.78, 5) is 17.2. The van der Waals surface area contributed by atoms with E-state index in [1.165, 1.54) is 5.56 Å². The largest absolute Gasteiger partial charge is 0.396 e. The molecule has 0 bridgehead atoms. The maximum Gasteiger partial charge on any atom is 0.227 e. The Morgan fingerprint density at radius 2 is 1.96 bits per heavy atom. The molecule has 1 aromatic carbocycles. The third-order valence-corrected chi connectivity index (χ3v) is 6.37. The van der Waals surface area contributed by atoms with Gasteiger partial charge in [0, 0.05) is 24.5 Å². The second kappa shape index (κ2) is 7.46. The minimum atomic E-state index is -0.0112. The van der Waals surface area contributed by atoms with Crippen LogP contribution < -0.4 is 0 Å². The van der Waals surface area contributed by atoms with Gasteiger partial charge in [-0.05, 0) is 49.9 Å². The Bertz CT molecular complexity index is 598. The van der Waals surface area contributed by atoms with Gasteiger partial charge in [-0.2, -0.15) is 0 Å². The number of fused-ring (bicyclic) bond motifs is 1. The van der Waals surface area contributed by atoms with Crippen molar-refractivity contribution in [1.29, 1.82) is 0 Å². The highest BCUT2D eigenvalue weighted by atomic mass is 16.3. The van der Waals surface area contributed by atoms with E-state index >= 15 is 0 Å². The van der Waals surface area contributed by atoms with Crippen LogP contribution >= 0.6 is 0 Å². The predicted octanol–water partition coefficient (Wildman–Crippen LogP) is 2.66. The van der Waals surface area contributed by atoms with E-state index in [1.54, 1.807) is 0 Å². The lowest BCUT2D eigenvalue weighted by Gasteiger charge is -2.53. The first-order valence-electron chi connectivity index (χ1n) is 9.63. The van der Waals surface area contributed by atoms with Gasteiger partial charge in [-0.15, -0.1) is 0 Å². The quantitative estimate of drug-likeness (QED) is 0.913. The molecule has 4 heteroatoms. The third kappa shape index (κ3) is 3.75. The normalized spacial score (nSPS) is 27.4. The number of amides is 1. The molecule has 1 amide bonds. The van der Waals surface area contributed by atoms with Crippen LogP contribution in [-0.2, 0) is 11.2 Å². The topological polar surface area (TPSA) is 43.8 Å². The van der Waals surface area contributed by atoms with Gasteiger partial charge >= 0.3 is 0 Å². The molecule has 3 rings (SSSR count). The van der Waals surface area contributed by atoms with Gasteiger partial charge in [0.15, 0.2) is 0 Å². The number of aliphatic hydroxyl groups is 1. The number of hydrogen-bond acceptors (Lipinski definition) is 3. The van der Waals surface area contributed by atoms with E-state index in [0.29, 0.717) is 12.3 Å². The van der Waals surface area contributed by atoms with E-state index in [-0.39, 0.29) is 24.0 Å². The maximum absolute atomic E-state index is 12.8. The van der Waals surface area contributed by atoms with Crippen molar-refractivity contribution in [3.8, 4) is 0 Å². The monoisotopic (exact) mass is 344 g/mol. The zero-order chi connectivity index (χ0) is 18.0. The van der Waals surface area contributed by atoms with Crippen molar-refractivity contribution < 1.29 is 9.90 Å². The lowest BCUT2D eigenvalue weighted by Crippen LogP contribution is -2.62. The lowest BCUT2D eigenvalue weighted by molar-refractivity contribution is -0.139. The molecule has 0 radical (unpaired) electrons. The summed E-state index contributed by atoms with van der Waals surface area (Å²) in [6, 6.07) is 8.72. The maximum atomic E-state index is 12.8. The molecule has 0 spiro atoms. The Balaban J connectivity index is 1.65. The number of carbonyl (C=O) groups is 1. The number of carbonyl (C=O) groups excluding carboxylic acids is 1. The Morgan fingerprint density at radius 3 is 2.60 bits per heavy atom. The Morgan fingerprint density at radius 1 is 1.24 bits per heavy atom. The minimum Gasteiger partial charge on any atom is -0.396 e. The van der Waals surface area contributed by atoms with E-state index in [9.17, 15) is 9.90 Å². The van der Waals surface area contributed by atoms with Crippen LogP contribution in [0.1, 0.15) is 50.2 Å². The van der Waals surface area contributed by atoms with Crippen molar-refractivity contribution in [2.45, 2.75) is 51.5 Å². The number of aliphatic hydroxyl groups excluding tert-OH is 1. The minimum absolute atomic E-state index is 0.0112. The lowest BCUT2D eigenvalue weighted by atomic mass is 9.69. The molecule has 138 valence electrons. The van der Waals surface area contributed by atoms with Gasteiger partial charge in [0.2, 0.25) is 5.91 Å². The second-order valence-corrected chi connectivity index (χ2v) is 8.28. The van der Waals surface area contributed by atoms with Gasteiger partial charge in [-0.1, -0.05) is 38.1 Å². The molecule has 0 saturated carbocycles. The van der Waals surface area contributed by atoms with E-state index < -0.39 is 0 Å². The van der Waals surface area contributed by atoms with Gasteiger partial charge in [-0.3, -0.25) is 4.79 Å². The zero-order valence-corrected chi connectivity index (χ0v) is 15.9. The van der Waals surface area contributed by atoms with E-state index in [4.69, 9.17) is 0 Å². The molecule has 1 aromatic rings. The summed E-state index contributed by atoms with van der Waals surface area (Å²) in [5, 5.41) is 10.00. The number of piperidine rings is 2. The average Bonchev–Trinajstić information content (AvgIpc) is 2.62. The first-order valence-corrected chi connectivity index (χ1v) is 9.63. The summed E-state index contributed by atoms with van der Waals surface area (Å²) in [6.07, 6.45) is 3.61. The predicted molar refractivity (Wildman–Crippen MR) is 101 cm³/mol. The first-order chi connectivity index (χ1) is 11.9. The average molecular weight is 344 g/mol. The Kier molecular flexibility index (Phi) is 5.49. The van der Waals surface area contributed by atoms with Crippen molar-refractivity contribution in [2.75, 3.05) is 33.3 Å². The summed E-state index contributed by atoms with van der Waals surface area (Å²) < 4.78 is 0. The third-order valence-electron chi connectivity index (χ3n) is 6.37. The molecule has 2 aliphatic heterocycles. The van der Waals surface area contributed by atoms with Crippen LogP contribution in [-0.4, -0.2) is 60.1 Å². The fourth-order valence-electron chi connectivity index (χ4n) is 4.55. The van der Waals surface area contributed by atoms with Gasteiger partial charge in [0.1, 0.15) is 0 Å². The van der Waals surface area contributed by atoms with Crippen LogP contribution in [0.3, 0.4) is 0 Å². The number of benzene rings is 1. The molecule has 2 saturated heterocycles. The smallest absolute Gasteiger partial charge is 0.227 e. The summed E-state index contributed by atoms with van der Waals surface area (Å²) in [7, 11) is 2.13. The number of likely N-dealkylation sites (tertiary alicyclic amines) is 2. The molecule has 2 heterocycles. The molecule has 2 fully saturated rings. The van der Waals surface area contributed by atoms with Crippen LogP contribution in [0.4, 0.5) is 0 Å². The van der Waals surface area contributed by atoms with Crippen molar-refractivity contribution in [2.24, 2.45) is 5.41 Å². The molecule has 2 aliphatic rings. The van der Waals surface area contributed by atoms with Crippen LogP contribution in [0.25, 0.3) is 0 Å². The first kappa shape index (κ1) is 18.4. The van der Waals surface area contributed by atoms with Crippen LogP contribution in [0.5, 0.6) is 0 Å². The molecule has 4 nitrogen and oxygen atoms in total. The molecule has 2 atom stereocenters. The summed E-state index contributed by atoms with van der Waals surface area (Å²) in [5.41, 5.74) is 2.39. The number of rotatable bonds is 4. The molecule has 1 N–H and O–H groups in total. The van der Waals surface area contributed by atoms with Crippen LogP contribution in [0, 0.1) is 5.41 Å². The standard InChI is InChI=1S/C21H32N2O2/c1-16(2)18-7-5-17(6-8-18)13-20(25)23-12-10-21(15-24)9-4-11-22(3)19(21)14-23/h5-8,16,19,24H,4,9-15H2,1-3H3/t19-,21-/m1/s1. The molecule has 25 heavy (non-hydrogen) atoms. The van der Waals surface area contributed by atoms with E-state index in [1.807, 2.05) is 4.90 Å². The molecular formula is C21H32N2O2. The molecule has 0 unspecified atom stereocenters. The summed E-state index contributed by atoms with van der Waals surface area (Å²) in [6.45, 7) is 7.18. The fourth-order valence-corrected chi connectivity index (χ4v) is 4.55. The zero-order valence-electron chi connectivity index (χ0n) is 15.9. The van der Waals surface area contributed by atoms with Crippen LogP contribution in [0.15, 0.2) is 24.3 Å². The number of hydrogen-bond donors (Lipinski definition) is 1. The summed E-state index contributed by atoms with van der Waals surface area (Å²) >= 11 is 0. The molecule has 0 aromatic heterocycles. The molecular weight excluding hydrogens is 312 g/mol. The van der Waals surface area contributed by atoms with Crippen molar-refractivity contribution in [3.63, 3.8) is 0 Å². The fraction of sp³-hybridized carbons (Fsp3) is 0.667.